The second kappa shape index (κ2) is 4.99. The molecule has 18 heavy (non-hydrogen) atoms. The van der Waals surface area contributed by atoms with Crippen LogP contribution in [0.2, 0.25) is 0 Å². The molecule has 1 aliphatic heterocycles. The fourth-order valence-corrected chi connectivity index (χ4v) is 3.03. The maximum absolute atomic E-state index is 11.9. The van der Waals surface area contributed by atoms with E-state index in [1.54, 1.807) is 0 Å². The molecule has 5 heteroatoms. The van der Waals surface area contributed by atoms with Gasteiger partial charge in [0.05, 0.1) is 12.0 Å². The van der Waals surface area contributed by atoms with Crippen LogP contribution in [0.15, 0.2) is 12.2 Å². The van der Waals surface area contributed by atoms with Crippen molar-refractivity contribution >= 4 is 5.97 Å². The smallest absolute Gasteiger partial charge is 0.311 e. The molecule has 1 N–H and O–H groups in total. The Bertz CT molecular complexity index is 347. The molecule has 2 fully saturated rings. The minimum absolute atomic E-state index is 0.0583. The highest BCUT2D eigenvalue weighted by molar-refractivity contribution is 5.74. The summed E-state index contributed by atoms with van der Waals surface area (Å²) in [6.07, 6.45) is 5.79. The molecule has 0 radical (unpaired) electrons. The highest BCUT2D eigenvalue weighted by atomic mass is 16.8. The van der Waals surface area contributed by atoms with Crippen LogP contribution in [-0.2, 0) is 19.0 Å². The number of aliphatic hydroxyl groups is 1. The van der Waals surface area contributed by atoms with Gasteiger partial charge in [-0.1, -0.05) is 12.2 Å². The van der Waals surface area contributed by atoms with E-state index in [1.807, 2.05) is 12.2 Å². The van der Waals surface area contributed by atoms with Gasteiger partial charge in [0.2, 0.25) is 0 Å². The fraction of sp³-hybridized carbons (Fsp3) is 0.769. The Kier molecular flexibility index (Phi) is 3.37. The Morgan fingerprint density at radius 1 is 1.44 bits per heavy atom. The second-order valence-electron chi connectivity index (χ2n) is 5.15. The predicted molar refractivity (Wildman–Crippen MR) is 61.3 cm³/mol. The van der Waals surface area contributed by atoms with Crippen LogP contribution in [0, 0.1) is 17.8 Å². The average molecular weight is 254 g/mol. The van der Waals surface area contributed by atoms with Gasteiger partial charge in [-0.15, -0.1) is 0 Å². The number of ether oxygens (including phenoxy) is 3. The van der Waals surface area contributed by atoms with Crippen LogP contribution in [0.25, 0.3) is 0 Å². The monoisotopic (exact) mass is 254 g/mol. The summed E-state index contributed by atoms with van der Waals surface area (Å²) < 4.78 is 15.7. The summed E-state index contributed by atoms with van der Waals surface area (Å²) >= 11 is 0. The molecule has 1 saturated heterocycles. The number of hydrogen-bond donors (Lipinski definition) is 1. The number of carbonyl (C=O) groups excluding carboxylic acids is 1. The first-order valence-corrected chi connectivity index (χ1v) is 6.52. The maximum Gasteiger partial charge on any atom is 0.311 e. The first-order chi connectivity index (χ1) is 8.75. The molecule has 100 valence electrons. The third-order valence-corrected chi connectivity index (χ3v) is 4.05. The minimum Gasteiger partial charge on any atom is -0.438 e. The van der Waals surface area contributed by atoms with Gasteiger partial charge in [-0.2, -0.15) is 0 Å². The van der Waals surface area contributed by atoms with Gasteiger partial charge >= 0.3 is 5.97 Å². The van der Waals surface area contributed by atoms with Crippen LogP contribution in [0.1, 0.15) is 19.3 Å². The minimum atomic E-state index is -0.415. The summed E-state index contributed by atoms with van der Waals surface area (Å²) in [6.45, 7) is 0.652. The first kappa shape index (κ1) is 12.1. The van der Waals surface area contributed by atoms with Crippen molar-refractivity contribution in [2.24, 2.45) is 17.8 Å². The highest BCUT2D eigenvalue weighted by Gasteiger charge is 2.47. The second-order valence-corrected chi connectivity index (χ2v) is 5.15. The zero-order valence-corrected chi connectivity index (χ0v) is 10.2. The van der Waals surface area contributed by atoms with Crippen molar-refractivity contribution in [1.29, 1.82) is 0 Å². The lowest BCUT2D eigenvalue weighted by atomic mass is 9.94. The molecule has 5 atom stereocenters. The van der Waals surface area contributed by atoms with E-state index in [0.717, 1.165) is 12.8 Å². The lowest BCUT2D eigenvalue weighted by Crippen LogP contribution is -2.26. The number of fused-ring (bicyclic) bond motifs is 2. The molecular formula is C13H18O5. The van der Waals surface area contributed by atoms with E-state index in [2.05, 4.69) is 0 Å². The molecule has 5 nitrogen and oxygen atoms in total. The van der Waals surface area contributed by atoms with E-state index in [-0.39, 0.29) is 36.8 Å². The molecule has 2 bridgehead atoms. The zero-order valence-electron chi connectivity index (χ0n) is 10.2. The molecule has 1 saturated carbocycles. The SMILES string of the molecule is O=C(OCOC1CCCO1)C1CC2C=CC1C2O. The summed E-state index contributed by atoms with van der Waals surface area (Å²) in [5, 5.41) is 9.82. The molecule has 0 aromatic carbocycles. The van der Waals surface area contributed by atoms with Gasteiger partial charge in [-0.25, -0.2) is 0 Å². The molecule has 5 unspecified atom stereocenters. The standard InChI is InChI=1S/C13H18O5/c14-12-8-3-4-9(12)10(6-8)13(15)18-7-17-11-2-1-5-16-11/h3-4,8-12,14H,1-2,5-7H2. The normalized spacial score (nSPS) is 41.5. The van der Waals surface area contributed by atoms with E-state index in [4.69, 9.17) is 14.2 Å². The summed E-state index contributed by atoms with van der Waals surface area (Å²) in [7, 11) is 0. The maximum atomic E-state index is 11.9. The Morgan fingerprint density at radius 2 is 2.33 bits per heavy atom. The van der Waals surface area contributed by atoms with Crippen LogP contribution >= 0.6 is 0 Å². The van der Waals surface area contributed by atoms with Crippen molar-refractivity contribution < 1.29 is 24.1 Å². The largest absolute Gasteiger partial charge is 0.438 e. The van der Waals surface area contributed by atoms with Crippen LogP contribution < -0.4 is 0 Å². The molecule has 2 aliphatic carbocycles. The van der Waals surface area contributed by atoms with Gasteiger partial charge in [0.1, 0.15) is 0 Å². The van der Waals surface area contributed by atoms with Crippen molar-refractivity contribution in [3.05, 3.63) is 12.2 Å². The van der Waals surface area contributed by atoms with Crippen molar-refractivity contribution in [3.63, 3.8) is 0 Å². The number of carbonyl (C=O) groups is 1. The molecule has 1 heterocycles. The van der Waals surface area contributed by atoms with Crippen molar-refractivity contribution in [3.8, 4) is 0 Å². The van der Waals surface area contributed by atoms with E-state index in [0.29, 0.717) is 13.0 Å². The Hall–Kier alpha value is -0.910. The highest BCUT2D eigenvalue weighted by Crippen LogP contribution is 2.44. The Morgan fingerprint density at radius 3 is 2.94 bits per heavy atom. The van der Waals surface area contributed by atoms with Gasteiger partial charge < -0.3 is 19.3 Å². The summed E-state index contributed by atoms with van der Waals surface area (Å²) in [4.78, 5) is 11.9. The Balaban J connectivity index is 1.43. The number of rotatable bonds is 4. The third-order valence-electron chi connectivity index (χ3n) is 4.05. The number of aliphatic hydroxyl groups excluding tert-OH is 1. The van der Waals surface area contributed by atoms with Crippen molar-refractivity contribution in [2.45, 2.75) is 31.7 Å². The lowest BCUT2D eigenvalue weighted by Gasteiger charge is -2.17. The predicted octanol–water partition coefficient (Wildman–Crippen LogP) is 0.823. The van der Waals surface area contributed by atoms with E-state index in [1.165, 1.54) is 0 Å². The van der Waals surface area contributed by atoms with Gasteiger partial charge in [0.25, 0.3) is 0 Å². The van der Waals surface area contributed by atoms with E-state index in [9.17, 15) is 9.90 Å². The van der Waals surface area contributed by atoms with Crippen LogP contribution in [0.5, 0.6) is 0 Å². The Labute approximate surface area is 106 Å². The van der Waals surface area contributed by atoms with Crippen LogP contribution in [0.3, 0.4) is 0 Å². The summed E-state index contributed by atoms with van der Waals surface area (Å²) in [6, 6.07) is 0. The fourth-order valence-electron chi connectivity index (χ4n) is 3.03. The summed E-state index contributed by atoms with van der Waals surface area (Å²) in [5.74, 6) is -0.455. The summed E-state index contributed by atoms with van der Waals surface area (Å²) in [5.41, 5.74) is 0. The molecule has 0 amide bonds. The number of esters is 1. The molecular weight excluding hydrogens is 236 g/mol. The van der Waals surface area contributed by atoms with E-state index < -0.39 is 6.10 Å². The number of hydrogen-bond acceptors (Lipinski definition) is 5. The van der Waals surface area contributed by atoms with Crippen LogP contribution in [-0.4, -0.2) is 36.9 Å². The zero-order chi connectivity index (χ0) is 12.5. The molecule has 0 spiro atoms. The lowest BCUT2D eigenvalue weighted by molar-refractivity contribution is -0.190. The molecule has 0 aromatic rings. The van der Waals surface area contributed by atoms with Gasteiger partial charge in [0, 0.05) is 24.9 Å². The van der Waals surface area contributed by atoms with Gasteiger partial charge in [0.15, 0.2) is 13.1 Å². The van der Waals surface area contributed by atoms with Gasteiger partial charge in [-0.05, 0) is 12.8 Å². The quantitative estimate of drug-likeness (QED) is 0.457. The molecule has 3 rings (SSSR count). The van der Waals surface area contributed by atoms with Crippen molar-refractivity contribution in [1.82, 2.24) is 0 Å². The molecule has 3 aliphatic rings. The van der Waals surface area contributed by atoms with E-state index >= 15 is 0 Å². The van der Waals surface area contributed by atoms with Crippen molar-refractivity contribution in [2.75, 3.05) is 13.4 Å². The third kappa shape index (κ3) is 2.18. The first-order valence-electron chi connectivity index (χ1n) is 6.52. The topological polar surface area (TPSA) is 65.0 Å². The molecule has 0 aromatic heterocycles. The van der Waals surface area contributed by atoms with Crippen LogP contribution in [0.4, 0.5) is 0 Å². The average Bonchev–Trinajstić information content (AvgIpc) is 3.07. The van der Waals surface area contributed by atoms with Gasteiger partial charge in [-0.3, -0.25) is 4.79 Å².